The summed E-state index contributed by atoms with van der Waals surface area (Å²) < 4.78 is 0. The second kappa shape index (κ2) is 5.24. The average molecular weight is 269 g/mol. The lowest BCUT2D eigenvalue weighted by Crippen LogP contribution is -2.33. The van der Waals surface area contributed by atoms with Crippen molar-refractivity contribution in [3.05, 3.63) is 11.1 Å². The van der Waals surface area contributed by atoms with Crippen LogP contribution >= 0.6 is 11.3 Å². The predicted octanol–water partition coefficient (Wildman–Crippen LogP) is 1.85. The van der Waals surface area contributed by atoms with Gasteiger partial charge in [0.1, 0.15) is 6.04 Å². The van der Waals surface area contributed by atoms with E-state index in [1.807, 2.05) is 0 Å². The predicted molar refractivity (Wildman–Crippen MR) is 71.9 cm³/mol. The fourth-order valence-corrected chi connectivity index (χ4v) is 3.35. The van der Waals surface area contributed by atoms with E-state index in [4.69, 9.17) is 10.8 Å². The summed E-state index contributed by atoms with van der Waals surface area (Å²) in [5.41, 5.74) is 6.03. The third-order valence-corrected chi connectivity index (χ3v) is 4.30. The van der Waals surface area contributed by atoms with Gasteiger partial charge >= 0.3 is 5.97 Å². The molecule has 0 bridgehead atoms. The van der Waals surface area contributed by atoms with Crippen LogP contribution in [0.15, 0.2) is 5.38 Å². The molecule has 3 N–H and O–H groups in total. The highest BCUT2D eigenvalue weighted by Crippen LogP contribution is 2.32. The van der Waals surface area contributed by atoms with Gasteiger partial charge in [-0.2, -0.15) is 0 Å². The molecule has 18 heavy (non-hydrogen) atoms. The molecule has 2 heterocycles. The van der Waals surface area contributed by atoms with Crippen molar-refractivity contribution in [2.24, 2.45) is 11.7 Å². The Bertz CT molecular complexity index is 433. The number of carboxylic acids is 1. The van der Waals surface area contributed by atoms with Crippen LogP contribution in [-0.2, 0) is 4.79 Å². The monoisotopic (exact) mass is 269 g/mol. The molecule has 6 heteroatoms. The largest absolute Gasteiger partial charge is 0.480 e. The highest BCUT2D eigenvalue weighted by molar-refractivity contribution is 7.13. The standard InChI is InChI=1S/C12H19N3O2S/c1-7(2)9-4-3-5-15(9)12-14-8(6-18-12)10(13)11(16)17/h6-7,9-10H,3-5,13H2,1-2H3,(H,16,17). The molecule has 0 spiro atoms. The zero-order chi connectivity index (χ0) is 13.3. The smallest absolute Gasteiger partial charge is 0.326 e. The molecule has 1 fully saturated rings. The van der Waals surface area contributed by atoms with Crippen molar-refractivity contribution in [3.8, 4) is 0 Å². The number of nitrogens with zero attached hydrogens (tertiary/aromatic N) is 2. The van der Waals surface area contributed by atoms with Crippen LogP contribution in [0, 0.1) is 5.92 Å². The number of thiazole rings is 1. The first-order chi connectivity index (χ1) is 8.50. The highest BCUT2D eigenvalue weighted by Gasteiger charge is 2.29. The van der Waals surface area contributed by atoms with E-state index in [1.165, 1.54) is 24.2 Å². The Morgan fingerprint density at radius 2 is 2.39 bits per heavy atom. The molecule has 100 valence electrons. The van der Waals surface area contributed by atoms with Crippen LogP contribution in [0.4, 0.5) is 5.13 Å². The van der Waals surface area contributed by atoms with Crippen LogP contribution in [-0.4, -0.2) is 28.6 Å². The summed E-state index contributed by atoms with van der Waals surface area (Å²) in [6.07, 6.45) is 2.35. The van der Waals surface area contributed by atoms with E-state index >= 15 is 0 Å². The lowest BCUT2D eigenvalue weighted by atomic mass is 10.0. The molecule has 1 saturated heterocycles. The minimum absolute atomic E-state index is 0.455. The summed E-state index contributed by atoms with van der Waals surface area (Å²) >= 11 is 1.49. The van der Waals surface area contributed by atoms with Crippen LogP contribution in [0.2, 0.25) is 0 Å². The summed E-state index contributed by atoms with van der Waals surface area (Å²) in [5.74, 6) is -0.457. The third kappa shape index (κ3) is 2.49. The van der Waals surface area contributed by atoms with Gasteiger partial charge in [-0.3, -0.25) is 4.79 Å². The number of rotatable bonds is 4. The minimum Gasteiger partial charge on any atom is -0.480 e. The highest BCUT2D eigenvalue weighted by atomic mass is 32.1. The van der Waals surface area contributed by atoms with Crippen LogP contribution in [0.25, 0.3) is 0 Å². The number of anilines is 1. The van der Waals surface area contributed by atoms with Gasteiger partial charge in [0.25, 0.3) is 0 Å². The fourth-order valence-electron chi connectivity index (χ4n) is 2.40. The molecule has 2 atom stereocenters. The Morgan fingerprint density at radius 3 is 3.00 bits per heavy atom. The first-order valence-electron chi connectivity index (χ1n) is 6.21. The van der Waals surface area contributed by atoms with Gasteiger partial charge in [-0.1, -0.05) is 13.8 Å². The van der Waals surface area contributed by atoms with Gasteiger partial charge < -0.3 is 15.7 Å². The second-order valence-electron chi connectivity index (χ2n) is 5.02. The molecule has 0 amide bonds. The van der Waals surface area contributed by atoms with Crippen molar-refractivity contribution in [1.82, 2.24) is 4.98 Å². The topological polar surface area (TPSA) is 79.5 Å². The van der Waals surface area contributed by atoms with Gasteiger partial charge in [0.2, 0.25) is 0 Å². The van der Waals surface area contributed by atoms with Gasteiger partial charge in [0, 0.05) is 18.0 Å². The Hall–Kier alpha value is -1.14. The van der Waals surface area contributed by atoms with Crippen LogP contribution in [0.5, 0.6) is 0 Å². The minimum atomic E-state index is -1.03. The van der Waals surface area contributed by atoms with Crippen LogP contribution < -0.4 is 10.6 Å². The van der Waals surface area contributed by atoms with Gasteiger partial charge in [0.05, 0.1) is 5.69 Å². The maximum absolute atomic E-state index is 10.8. The molecular weight excluding hydrogens is 250 g/mol. The molecule has 1 aliphatic heterocycles. The normalized spacial score (nSPS) is 21.6. The Kier molecular flexibility index (Phi) is 3.87. The van der Waals surface area contributed by atoms with E-state index in [9.17, 15) is 4.79 Å². The molecule has 1 aromatic rings. The van der Waals surface area contributed by atoms with Gasteiger partial charge in [-0.05, 0) is 18.8 Å². The van der Waals surface area contributed by atoms with E-state index in [1.54, 1.807) is 5.38 Å². The molecule has 0 saturated carbocycles. The summed E-state index contributed by atoms with van der Waals surface area (Å²) in [5, 5.41) is 11.5. The number of carbonyl (C=O) groups is 1. The lowest BCUT2D eigenvalue weighted by Gasteiger charge is -2.27. The number of aromatic nitrogens is 1. The summed E-state index contributed by atoms with van der Waals surface area (Å²) in [6.45, 7) is 5.42. The van der Waals surface area contributed by atoms with Gasteiger partial charge in [-0.15, -0.1) is 11.3 Å². The van der Waals surface area contributed by atoms with Crippen molar-refractivity contribution < 1.29 is 9.90 Å². The Labute approximate surface area is 111 Å². The SMILES string of the molecule is CC(C)C1CCCN1c1nc(C(N)C(=O)O)cs1. The van der Waals surface area contributed by atoms with E-state index in [0.717, 1.165) is 11.7 Å². The Morgan fingerprint density at radius 1 is 1.67 bits per heavy atom. The molecule has 1 aromatic heterocycles. The van der Waals surface area contributed by atoms with E-state index in [-0.39, 0.29) is 0 Å². The maximum atomic E-state index is 10.8. The lowest BCUT2D eigenvalue weighted by molar-refractivity contribution is -0.138. The number of carboxylic acid groups (broad SMARTS) is 1. The molecule has 0 radical (unpaired) electrons. The summed E-state index contributed by atoms with van der Waals surface area (Å²) in [6, 6.07) is -0.514. The van der Waals surface area contributed by atoms with Gasteiger partial charge in [0.15, 0.2) is 5.13 Å². The quantitative estimate of drug-likeness (QED) is 0.872. The first-order valence-corrected chi connectivity index (χ1v) is 7.09. The summed E-state index contributed by atoms with van der Waals surface area (Å²) in [7, 11) is 0. The average Bonchev–Trinajstić information content (AvgIpc) is 2.95. The van der Waals surface area contributed by atoms with E-state index < -0.39 is 12.0 Å². The molecule has 2 unspecified atom stereocenters. The summed E-state index contributed by atoms with van der Waals surface area (Å²) in [4.78, 5) is 17.5. The molecule has 1 aliphatic rings. The number of nitrogens with two attached hydrogens (primary N) is 1. The molecule has 0 aromatic carbocycles. The zero-order valence-corrected chi connectivity index (χ0v) is 11.5. The van der Waals surface area contributed by atoms with Crippen LogP contribution in [0.3, 0.4) is 0 Å². The first kappa shape index (κ1) is 13.3. The Balaban J connectivity index is 2.17. The molecular formula is C12H19N3O2S. The molecule has 2 rings (SSSR count). The van der Waals surface area contributed by atoms with Crippen molar-refractivity contribution in [3.63, 3.8) is 0 Å². The number of aliphatic carboxylic acids is 1. The van der Waals surface area contributed by atoms with Crippen molar-refractivity contribution in [2.75, 3.05) is 11.4 Å². The number of hydrogen-bond donors (Lipinski definition) is 2. The third-order valence-electron chi connectivity index (χ3n) is 3.41. The zero-order valence-electron chi connectivity index (χ0n) is 10.7. The maximum Gasteiger partial charge on any atom is 0.326 e. The van der Waals surface area contributed by atoms with E-state index in [0.29, 0.717) is 17.7 Å². The molecule has 5 nitrogen and oxygen atoms in total. The van der Waals surface area contributed by atoms with Gasteiger partial charge in [-0.25, -0.2) is 4.98 Å². The second-order valence-corrected chi connectivity index (χ2v) is 5.85. The van der Waals surface area contributed by atoms with Crippen molar-refractivity contribution in [1.29, 1.82) is 0 Å². The van der Waals surface area contributed by atoms with Crippen LogP contribution in [0.1, 0.15) is 38.4 Å². The molecule has 0 aliphatic carbocycles. The van der Waals surface area contributed by atoms with Crippen molar-refractivity contribution >= 4 is 22.4 Å². The number of hydrogen-bond acceptors (Lipinski definition) is 5. The van der Waals surface area contributed by atoms with Crippen molar-refractivity contribution in [2.45, 2.75) is 38.8 Å². The fraction of sp³-hybridized carbons (Fsp3) is 0.667. The van der Waals surface area contributed by atoms with E-state index in [2.05, 4.69) is 23.7 Å².